The van der Waals surface area contributed by atoms with E-state index in [0.29, 0.717) is 5.89 Å². The highest BCUT2D eigenvalue weighted by Gasteiger charge is 2.33. The smallest absolute Gasteiger partial charge is 0.411 e. The Morgan fingerprint density at radius 3 is 2.52 bits per heavy atom. The molecule has 0 fully saturated rings. The van der Waals surface area contributed by atoms with E-state index in [1.807, 2.05) is 31.2 Å². The fourth-order valence-corrected chi connectivity index (χ4v) is 3.25. The lowest BCUT2D eigenvalue weighted by molar-refractivity contribution is -0.137. The Kier molecular flexibility index (Phi) is 6.18. The lowest BCUT2D eigenvalue weighted by atomic mass is 10.1. The number of anilines is 1. The molecule has 0 spiro atoms. The molecule has 1 aromatic heterocycles. The number of carbonyl (C=O) groups excluding carboxylic acids is 1. The quantitative estimate of drug-likeness (QED) is 0.504. The van der Waals surface area contributed by atoms with Gasteiger partial charge in [0, 0.05) is 11.3 Å². The number of nitrogens with one attached hydrogen (secondary N) is 1. The molecule has 0 aliphatic carbocycles. The molecular formula is C19H15ClF3N3O2S. The van der Waals surface area contributed by atoms with Crippen molar-refractivity contribution in [2.45, 2.75) is 30.5 Å². The molecule has 1 N–H and O–H groups in total. The molecule has 0 saturated carbocycles. The van der Waals surface area contributed by atoms with Crippen molar-refractivity contribution < 1.29 is 22.4 Å². The van der Waals surface area contributed by atoms with Crippen molar-refractivity contribution in [2.75, 3.05) is 5.32 Å². The zero-order valence-corrected chi connectivity index (χ0v) is 16.8. The van der Waals surface area contributed by atoms with Crippen molar-refractivity contribution >= 4 is 35.0 Å². The van der Waals surface area contributed by atoms with Crippen LogP contribution in [0.1, 0.15) is 18.1 Å². The summed E-state index contributed by atoms with van der Waals surface area (Å²) in [6.07, 6.45) is -4.62. The van der Waals surface area contributed by atoms with Crippen molar-refractivity contribution in [3.05, 3.63) is 58.6 Å². The monoisotopic (exact) mass is 441 g/mol. The Morgan fingerprint density at radius 2 is 1.86 bits per heavy atom. The summed E-state index contributed by atoms with van der Waals surface area (Å²) in [6.45, 7) is 3.54. The second-order valence-corrected chi connectivity index (χ2v) is 7.88. The van der Waals surface area contributed by atoms with Crippen molar-refractivity contribution in [3.63, 3.8) is 0 Å². The minimum Gasteiger partial charge on any atom is -0.411 e. The van der Waals surface area contributed by atoms with Crippen LogP contribution in [0, 0.1) is 6.92 Å². The van der Waals surface area contributed by atoms with E-state index in [-0.39, 0.29) is 10.9 Å². The van der Waals surface area contributed by atoms with E-state index in [2.05, 4.69) is 15.5 Å². The van der Waals surface area contributed by atoms with Gasteiger partial charge in [0.05, 0.1) is 15.8 Å². The number of nitrogens with zero attached hydrogens (tertiary/aromatic N) is 2. The zero-order chi connectivity index (χ0) is 21.2. The first-order chi connectivity index (χ1) is 13.6. The summed E-state index contributed by atoms with van der Waals surface area (Å²) in [6, 6.07) is 10.7. The van der Waals surface area contributed by atoms with Crippen LogP contribution in [0.3, 0.4) is 0 Å². The number of carbonyl (C=O) groups is 1. The maximum Gasteiger partial charge on any atom is 0.417 e. The van der Waals surface area contributed by atoms with Crippen LogP contribution in [-0.2, 0) is 11.0 Å². The third-order valence-corrected chi connectivity index (χ3v) is 5.15. The van der Waals surface area contributed by atoms with Gasteiger partial charge in [-0.15, -0.1) is 10.2 Å². The van der Waals surface area contributed by atoms with Crippen LogP contribution in [0.2, 0.25) is 5.02 Å². The first-order valence-electron chi connectivity index (χ1n) is 8.38. The van der Waals surface area contributed by atoms with Gasteiger partial charge in [-0.25, -0.2) is 0 Å². The Balaban J connectivity index is 1.66. The predicted octanol–water partition coefficient (Wildman–Crippen LogP) is 5.84. The molecule has 1 heterocycles. The maximum absolute atomic E-state index is 12.9. The van der Waals surface area contributed by atoms with Crippen molar-refractivity contribution in [1.82, 2.24) is 10.2 Å². The topological polar surface area (TPSA) is 68.0 Å². The van der Waals surface area contributed by atoms with Gasteiger partial charge in [0.2, 0.25) is 11.8 Å². The molecule has 0 aliphatic rings. The van der Waals surface area contributed by atoms with Crippen LogP contribution in [-0.4, -0.2) is 21.4 Å². The van der Waals surface area contributed by atoms with Crippen LogP contribution in [0.4, 0.5) is 18.9 Å². The molecule has 0 aliphatic heterocycles. The van der Waals surface area contributed by atoms with E-state index in [9.17, 15) is 18.0 Å². The highest BCUT2D eigenvalue weighted by Crippen LogP contribution is 2.36. The minimum atomic E-state index is -4.62. The Morgan fingerprint density at radius 1 is 1.17 bits per heavy atom. The minimum absolute atomic E-state index is 0.00921. The molecule has 1 amide bonds. The number of benzene rings is 2. The third kappa shape index (κ3) is 5.30. The molecule has 1 atom stereocenters. The molecule has 2 aromatic carbocycles. The number of aryl methyl sites for hydroxylation is 1. The van der Waals surface area contributed by atoms with Gasteiger partial charge in [-0.3, -0.25) is 4.79 Å². The molecule has 5 nitrogen and oxygen atoms in total. The number of halogens is 4. The Hall–Kier alpha value is -2.52. The lowest BCUT2D eigenvalue weighted by Crippen LogP contribution is -2.22. The van der Waals surface area contributed by atoms with E-state index < -0.39 is 27.9 Å². The predicted molar refractivity (Wildman–Crippen MR) is 105 cm³/mol. The molecule has 3 aromatic rings. The van der Waals surface area contributed by atoms with Crippen molar-refractivity contribution in [1.29, 1.82) is 0 Å². The largest absolute Gasteiger partial charge is 0.417 e. The fraction of sp³-hybridized carbons (Fsp3) is 0.211. The van der Waals surface area contributed by atoms with E-state index in [0.717, 1.165) is 35.0 Å². The van der Waals surface area contributed by atoms with Gasteiger partial charge in [0.25, 0.3) is 5.22 Å². The molecule has 3 rings (SSSR count). The first-order valence-corrected chi connectivity index (χ1v) is 9.64. The molecule has 0 saturated heterocycles. The highest BCUT2D eigenvalue weighted by molar-refractivity contribution is 8.00. The summed E-state index contributed by atoms with van der Waals surface area (Å²) in [5, 5.41) is 9.34. The average molecular weight is 442 g/mol. The van der Waals surface area contributed by atoms with Gasteiger partial charge in [-0.05, 0) is 44.2 Å². The number of alkyl halides is 3. The molecule has 1 unspecified atom stereocenters. The number of aromatic nitrogens is 2. The third-order valence-electron chi connectivity index (χ3n) is 3.89. The Labute approximate surface area is 173 Å². The molecule has 10 heteroatoms. The fourth-order valence-electron chi connectivity index (χ4n) is 2.34. The molecule has 152 valence electrons. The molecule has 0 radical (unpaired) electrons. The number of thioether (sulfide) groups is 1. The Bertz CT molecular complexity index is 1020. The highest BCUT2D eigenvalue weighted by atomic mass is 35.5. The SMILES string of the molecule is Cc1ccc(-c2nnc(SC(C)C(=O)Nc3ccc(Cl)c(C(F)(F)F)c3)o2)cc1. The first kappa shape index (κ1) is 21.2. The van der Waals surface area contributed by atoms with Gasteiger partial charge in [0.15, 0.2) is 0 Å². The van der Waals surface area contributed by atoms with E-state index in [1.165, 1.54) is 6.07 Å². The molecular weight excluding hydrogens is 427 g/mol. The van der Waals surface area contributed by atoms with Crippen molar-refractivity contribution in [2.24, 2.45) is 0 Å². The summed E-state index contributed by atoms with van der Waals surface area (Å²) in [5.74, 6) is -0.201. The average Bonchev–Trinajstić information content (AvgIpc) is 3.11. The second-order valence-electron chi connectivity index (χ2n) is 6.18. The number of hydrogen-bond donors (Lipinski definition) is 1. The zero-order valence-electron chi connectivity index (χ0n) is 15.2. The van der Waals surface area contributed by atoms with E-state index in [4.69, 9.17) is 16.0 Å². The number of rotatable bonds is 5. The van der Waals surface area contributed by atoms with Gasteiger partial charge in [-0.2, -0.15) is 13.2 Å². The lowest BCUT2D eigenvalue weighted by Gasteiger charge is -2.13. The summed E-state index contributed by atoms with van der Waals surface area (Å²) in [5.41, 5.74) is 0.805. The van der Waals surface area contributed by atoms with Gasteiger partial charge >= 0.3 is 6.18 Å². The number of amides is 1. The van der Waals surface area contributed by atoms with Gasteiger partial charge < -0.3 is 9.73 Å². The maximum atomic E-state index is 12.9. The second kappa shape index (κ2) is 8.46. The van der Waals surface area contributed by atoms with Crippen LogP contribution >= 0.6 is 23.4 Å². The normalized spacial score (nSPS) is 12.6. The summed E-state index contributed by atoms with van der Waals surface area (Å²) in [4.78, 5) is 12.3. The number of hydrogen-bond acceptors (Lipinski definition) is 5. The van der Waals surface area contributed by atoms with Crippen LogP contribution < -0.4 is 5.32 Å². The van der Waals surface area contributed by atoms with Crippen molar-refractivity contribution in [3.8, 4) is 11.5 Å². The standard InChI is InChI=1S/C19H15ClF3N3O2S/c1-10-3-5-12(6-4-10)17-25-26-18(28-17)29-11(2)16(27)24-13-7-8-15(20)14(9-13)19(21,22)23/h3-9,11H,1-2H3,(H,24,27). The van der Waals surface area contributed by atoms with E-state index >= 15 is 0 Å². The summed E-state index contributed by atoms with van der Waals surface area (Å²) >= 11 is 6.59. The summed E-state index contributed by atoms with van der Waals surface area (Å²) < 4.78 is 44.4. The molecule has 0 bridgehead atoms. The van der Waals surface area contributed by atoms with Crippen LogP contribution in [0.15, 0.2) is 52.1 Å². The van der Waals surface area contributed by atoms with Gasteiger partial charge in [0.1, 0.15) is 0 Å². The molecule has 29 heavy (non-hydrogen) atoms. The van der Waals surface area contributed by atoms with Crippen LogP contribution in [0.25, 0.3) is 11.5 Å². The summed E-state index contributed by atoms with van der Waals surface area (Å²) in [7, 11) is 0. The van der Waals surface area contributed by atoms with Crippen LogP contribution in [0.5, 0.6) is 0 Å². The van der Waals surface area contributed by atoms with Gasteiger partial charge in [-0.1, -0.05) is 41.1 Å². The van der Waals surface area contributed by atoms with E-state index in [1.54, 1.807) is 6.92 Å².